The number of thiazole rings is 1. The van der Waals surface area contributed by atoms with Crippen LogP contribution in [0.4, 0.5) is 5.69 Å². The van der Waals surface area contributed by atoms with E-state index in [9.17, 15) is 4.79 Å². The maximum atomic E-state index is 10.9. The van der Waals surface area contributed by atoms with Crippen LogP contribution in [0.25, 0.3) is 27.8 Å². The first-order valence-corrected chi connectivity index (χ1v) is 13.0. The first kappa shape index (κ1) is 27.3. The summed E-state index contributed by atoms with van der Waals surface area (Å²) in [4.78, 5) is 15.4. The van der Waals surface area contributed by atoms with Crippen molar-refractivity contribution in [1.82, 2.24) is 4.98 Å². The number of anilines is 1. The van der Waals surface area contributed by atoms with Gasteiger partial charge in [-0.25, -0.2) is 9.78 Å². The lowest BCUT2D eigenvalue weighted by Crippen LogP contribution is -1.99. The number of nitrogen functional groups attached to an aromatic ring is 1. The zero-order valence-electron chi connectivity index (χ0n) is 21.2. The lowest BCUT2D eigenvalue weighted by Gasteiger charge is -2.18. The fourth-order valence-electron chi connectivity index (χ4n) is 4.03. The van der Waals surface area contributed by atoms with E-state index in [1.54, 1.807) is 17.4 Å². The van der Waals surface area contributed by atoms with Crippen LogP contribution < -0.4 is 5.73 Å². The Hall–Kier alpha value is -4.29. The van der Waals surface area contributed by atoms with Crippen molar-refractivity contribution in [2.45, 2.75) is 27.2 Å². The molecule has 0 aliphatic rings. The van der Waals surface area contributed by atoms with Crippen LogP contribution in [0, 0.1) is 5.41 Å². The highest BCUT2D eigenvalue weighted by Gasteiger charge is 2.15. The molecule has 3 aromatic carbocycles. The van der Waals surface area contributed by atoms with Crippen molar-refractivity contribution in [3.05, 3.63) is 112 Å². The van der Waals surface area contributed by atoms with Gasteiger partial charge in [0.2, 0.25) is 0 Å². The number of aromatic nitrogens is 1. The minimum absolute atomic E-state index is 0.557. The van der Waals surface area contributed by atoms with Crippen molar-refractivity contribution in [3.8, 4) is 10.6 Å². The topological polar surface area (TPSA) is 100 Å². The lowest BCUT2D eigenvalue weighted by atomic mass is 9.86. The normalized spacial score (nSPS) is 11.4. The molecule has 0 saturated carbocycles. The Morgan fingerprint density at radius 2 is 1.76 bits per heavy atom. The number of nitrogens with zero attached hydrogens (tertiary/aromatic N) is 1. The molecule has 0 aliphatic carbocycles. The highest BCUT2D eigenvalue weighted by Crippen LogP contribution is 2.37. The second-order valence-corrected chi connectivity index (χ2v) is 8.80. The van der Waals surface area contributed by atoms with E-state index in [2.05, 4.69) is 30.1 Å². The zero-order valence-corrected chi connectivity index (χ0v) is 22.0. The number of nitrogens with one attached hydrogen (secondary N) is 1. The molecule has 188 valence electrons. The highest BCUT2D eigenvalue weighted by molar-refractivity contribution is 7.13. The second-order valence-electron chi connectivity index (χ2n) is 7.91. The second kappa shape index (κ2) is 13.1. The fourth-order valence-corrected chi connectivity index (χ4v) is 4.67. The Balaban J connectivity index is 0.00000186. The van der Waals surface area contributed by atoms with Crippen molar-refractivity contribution in [2.75, 3.05) is 5.73 Å². The summed E-state index contributed by atoms with van der Waals surface area (Å²) in [5.74, 6) is -0.982. The van der Waals surface area contributed by atoms with E-state index in [0.29, 0.717) is 11.3 Å². The van der Waals surface area contributed by atoms with Gasteiger partial charge in [0.1, 0.15) is 5.01 Å². The molecule has 6 heteroatoms. The van der Waals surface area contributed by atoms with E-state index in [-0.39, 0.29) is 0 Å². The number of carboxylic acids is 1. The fraction of sp³-hybridized carbons (Fsp3) is 0.129. The van der Waals surface area contributed by atoms with Crippen LogP contribution in [0.2, 0.25) is 0 Å². The summed E-state index contributed by atoms with van der Waals surface area (Å²) in [7, 11) is 0. The third-order valence-corrected chi connectivity index (χ3v) is 6.52. The monoisotopic (exact) mass is 509 g/mol. The van der Waals surface area contributed by atoms with Crippen LogP contribution >= 0.6 is 11.3 Å². The van der Waals surface area contributed by atoms with Gasteiger partial charge in [0, 0.05) is 40.7 Å². The Labute approximate surface area is 222 Å². The van der Waals surface area contributed by atoms with E-state index >= 15 is 0 Å². The number of aliphatic carboxylic acids is 1. The van der Waals surface area contributed by atoms with E-state index in [1.807, 2.05) is 74.0 Å². The molecule has 0 aliphatic heterocycles. The van der Waals surface area contributed by atoms with Crippen LogP contribution in [0.15, 0.2) is 84.4 Å². The number of nitrogens with two attached hydrogens (primary N) is 1. The lowest BCUT2D eigenvalue weighted by molar-refractivity contribution is -0.131. The van der Waals surface area contributed by atoms with Crippen molar-refractivity contribution in [3.63, 3.8) is 0 Å². The summed E-state index contributed by atoms with van der Waals surface area (Å²) in [6.45, 7) is 6.13. The number of benzene rings is 3. The summed E-state index contributed by atoms with van der Waals surface area (Å²) in [5.41, 5.74) is 14.4. The molecule has 0 atom stereocenters. The molecule has 1 heterocycles. The zero-order chi connectivity index (χ0) is 26.8. The SMILES string of the molecule is CC.CC/C(=C(/c1ccc(/C=C/C(=O)O)cc1)c1ccc(N)c(C=N)c1)c1cccc(-c2nccs2)c1. The van der Waals surface area contributed by atoms with Crippen molar-refractivity contribution in [1.29, 1.82) is 5.41 Å². The van der Waals surface area contributed by atoms with Crippen LogP contribution in [0.1, 0.15) is 55.0 Å². The molecule has 37 heavy (non-hydrogen) atoms. The van der Waals surface area contributed by atoms with Crippen LogP contribution in [0.3, 0.4) is 0 Å². The molecule has 0 bridgehead atoms. The molecule has 0 spiro atoms. The summed E-state index contributed by atoms with van der Waals surface area (Å²) < 4.78 is 0. The van der Waals surface area contributed by atoms with Crippen LogP contribution in [0.5, 0.6) is 0 Å². The van der Waals surface area contributed by atoms with Crippen molar-refractivity contribution in [2.24, 2.45) is 0 Å². The summed E-state index contributed by atoms with van der Waals surface area (Å²) in [6.07, 6.45) is 6.56. The predicted octanol–water partition coefficient (Wildman–Crippen LogP) is 7.88. The van der Waals surface area contributed by atoms with Gasteiger partial charge in [-0.05, 0) is 64.1 Å². The molecule has 1 aromatic heterocycles. The van der Waals surface area contributed by atoms with Crippen LogP contribution in [-0.2, 0) is 4.79 Å². The molecule has 0 saturated heterocycles. The molecule has 5 nitrogen and oxygen atoms in total. The number of rotatable bonds is 8. The molecule has 4 N–H and O–H groups in total. The molecule has 4 aromatic rings. The van der Waals surface area contributed by atoms with E-state index in [4.69, 9.17) is 16.2 Å². The van der Waals surface area contributed by atoms with Gasteiger partial charge in [0.25, 0.3) is 0 Å². The summed E-state index contributed by atoms with van der Waals surface area (Å²) in [6, 6.07) is 21.9. The Morgan fingerprint density at radius 3 is 2.38 bits per heavy atom. The number of hydrogen-bond donors (Lipinski definition) is 3. The molecular weight excluding hydrogens is 478 g/mol. The number of carbonyl (C=O) groups is 1. The Bertz CT molecular complexity index is 1420. The van der Waals surface area contributed by atoms with Gasteiger partial charge in [-0.2, -0.15) is 0 Å². The van der Waals surface area contributed by atoms with Gasteiger partial charge in [0.05, 0.1) is 0 Å². The van der Waals surface area contributed by atoms with Gasteiger partial charge in [-0.3, -0.25) is 0 Å². The van der Waals surface area contributed by atoms with Crippen molar-refractivity contribution >= 4 is 46.4 Å². The first-order chi connectivity index (χ1) is 18.0. The third-order valence-electron chi connectivity index (χ3n) is 5.69. The van der Waals surface area contributed by atoms with Gasteiger partial charge < -0.3 is 16.2 Å². The Morgan fingerprint density at radius 1 is 1.03 bits per heavy atom. The van der Waals surface area contributed by atoms with E-state index in [0.717, 1.165) is 56.5 Å². The average Bonchev–Trinajstić information content (AvgIpc) is 3.48. The largest absolute Gasteiger partial charge is 0.478 e. The van der Waals surface area contributed by atoms with Gasteiger partial charge >= 0.3 is 5.97 Å². The van der Waals surface area contributed by atoms with E-state index < -0.39 is 5.97 Å². The van der Waals surface area contributed by atoms with Gasteiger partial charge in [-0.15, -0.1) is 11.3 Å². The maximum absolute atomic E-state index is 10.9. The Kier molecular flexibility index (Phi) is 9.69. The minimum atomic E-state index is -0.982. The predicted molar refractivity (Wildman–Crippen MR) is 157 cm³/mol. The van der Waals surface area contributed by atoms with E-state index in [1.165, 1.54) is 6.21 Å². The third kappa shape index (κ3) is 6.68. The maximum Gasteiger partial charge on any atom is 0.328 e. The standard InChI is InChI=1S/C29H25N3O2S.C2H6/c1-2-25(21-4-3-5-23(16-21)29-32-14-15-35-29)28(22-11-12-26(31)24(17-22)18-30)20-9-6-19(7-10-20)8-13-27(33)34;1-2/h3-18,30H,2,31H2,1H3,(H,33,34);1-2H3/b13-8+,28-25+,30-18?;. The summed E-state index contributed by atoms with van der Waals surface area (Å²) >= 11 is 1.61. The number of hydrogen-bond acceptors (Lipinski definition) is 5. The number of allylic oxidation sites excluding steroid dienone is 1. The molecule has 0 amide bonds. The molecule has 0 unspecified atom stereocenters. The quantitative estimate of drug-likeness (QED) is 0.0973. The van der Waals surface area contributed by atoms with Crippen LogP contribution in [-0.4, -0.2) is 22.3 Å². The average molecular weight is 510 g/mol. The van der Waals surface area contributed by atoms with Gasteiger partial charge in [0.15, 0.2) is 0 Å². The van der Waals surface area contributed by atoms with Gasteiger partial charge in [-0.1, -0.05) is 69.3 Å². The summed E-state index contributed by atoms with van der Waals surface area (Å²) in [5, 5.41) is 19.7. The molecule has 4 rings (SSSR count). The smallest absolute Gasteiger partial charge is 0.328 e. The van der Waals surface area contributed by atoms with Crippen molar-refractivity contribution < 1.29 is 9.90 Å². The molecular formula is C31H31N3O2S. The highest BCUT2D eigenvalue weighted by atomic mass is 32.1. The first-order valence-electron chi connectivity index (χ1n) is 12.2. The minimum Gasteiger partial charge on any atom is -0.478 e. The number of carboxylic acid groups (broad SMARTS) is 1. The molecule has 0 radical (unpaired) electrons. The molecule has 0 fully saturated rings.